The van der Waals surface area contributed by atoms with Gasteiger partial charge in [-0.3, -0.25) is 0 Å². The third-order valence-corrected chi connectivity index (χ3v) is 7.25. The van der Waals surface area contributed by atoms with Gasteiger partial charge in [0.05, 0.1) is 6.61 Å². The zero-order valence-corrected chi connectivity index (χ0v) is 12.3. The minimum absolute atomic E-state index is 0.123. The summed E-state index contributed by atoms with van der Waals surface area (Å²) in [7, 11) is -1.70. The Kier molecular flexibility index (Phi) is 3.69. The first kappa shape index (κ1) is 13.1. The minimum atomic E-state index is -1.70. The van der Waals surface area contributed by atoms with Crippen LogP contribution in [0.3, 0.4) is 0 Å². The monoisotopic (exact) mass is 256 g/mol. The first-order chi connectivity index (χ1) is 8.55. The van der Waals surface area contributed by atoms with Crippen molar-refractivity contribution in [3.63, 3.8) is 0 Å². The topological polar surface area (TPSA) is 20.2 Å². The highest BCUT2D eigenvalue weighted by Crippen LogP contribution is 2.09. The van der Waals surface area contributed by atoms with Gasteiger partial charge in [-0.1, -0.05) is 72.4 Å². The van der Waals surface area contributed by atoms with Crippen LogP contribution in [0, 0.1) is 6.92 Å². The molecule has 0 bridgehead atoms. The van der Waals surface area contributed by atoms with Gasteiger partial charge in [-0.15, -0.1) is 0 Å². The second-order valence-corrected chi connectivity index (χ2v) is 9.67. The predicted octanol–water partition coefficient (Wildman–Crippen LogP) is 2.31. The minimum Gasteiger partial charge on any atom is -0.392 e. The van der Waals surface area contributed by atoms with Gasteiger partial charge in [0.2, 0.25) is 0 Å². The van der Waals surface area contributed by atoms with Gasteiger partial charge >= 0.3 is 0 Å². The molecule has 0 fully saturated rings. The smallest absolute Gasteiger partial charge is 0.112 e. The van der Waals surface area contributed by atoms with Crippen LogP contribution in [0.15, 0.2) is 48.5 Å². The molecule has 1 nitrogen and oxygen atoms in total. The number of benzene rings is 2. The van der Waals surface area contributed by atoms with Crippen LogP contribution >= 0.6 is 0 Å². The second kappa shape index (κ2) is 5.08. The standard InChI is InChI=1S/C16H20OSi/c1-13-8-10-15(11-9-13)18(2,3)16-7-5-4-6-14(16)12-17/h4-11,17H,12H2,1-3H3. The first-order valence-corrected chi connectivity index (χ1v) is 9.32. The molecule has 0 heterocycles. The highest BCUT2D eigenvalue weighted by molar-refractivity contribution is 7.00. The van der Waals surface area contributed by atoms with Crippen molar-refractivity contribution in [2.75, 3.05) is 0 Å². The maximum absolute atomic E-state index is 9.50. The Morgan fingerprint density at radius 2 is 1.56 bits per heavy atom. The lowest BCUT2D eigenvalue weighted by Gasteiger charge is -2.26. The molecule has 2 aromatic carbocycles. The fourth-order valence-corrected chi connectivity index (χ4v) is 5.18. The van der Waals surface area contributed by atoms with Gasteiger partial charge in [0, 0.05) is 0 Å². The van der Waals surface area contributed by atoms with E-state index in [0.29, 0.717) is 0 Å². The summed E-state index contributed by atoms with van der Waals surface area (Å²) in [5.74, 6) is 0. The van der Waals surface area contributed by atoms with Gasteiger partial charge in [0.15, 0.2) is 0 Å². The normalized spacial score (nSPS) is 11.6. The molecule has 1 N–H and O–H groups in total. The van der Waals surface area contributed by atoms with Gasteiger partial charge in [0.1, 0.15) is 8.07 Å². The molecule has 18 heavy (non-hydrogen) atoms. The molecule has 0 saturated carbocycles. The van der Waals surface area contributed by atoms with Crippen molar-refractivity contribution in [2.45, 2.75) is 26.6 Å². The Morgan fingerprint density at radius 3 is 2.17 bits per heavy atom. The number of aryl methyl sites for hydroxylation is 1. The van der Waals surface area contributed by atoms with Gasteiger partial charge in [-0.05, 0) is 17.7 Å². The molecule has 0 unspecified atom stereocenters. The maximum atomic E-state index is 9.50. The Bertz CT molecular complexity index is 529. The predicted molar refractivity (Wildman–Crippen MR) is 80.3 cm³/mol. The molecular weight excluding hydrogens is 236 g/mol. The summed E-state index contributed by atoms with van der Waals surface area (Å²) in [5, 5.41) is 12.2. The lowest BCUT2D eigenvalue weighted by atomic mass is 10.2. The SMILES string of the molecule is Cc1ccc([Si](C)(C)c2ccccc2CO)cc1. The van der Waals surface area contributed by atoms with Gasteiger partial charge in [0.25, 0.3) is 0 Å². The third kappa shape index (κ3) is 2.40. The fraction of sp³-hybridized carbons (Fsp3) is 0.250. The molecule has 2 aromatic rings. The van der Waals surface area contributed by atoms with E-state index in [-0.39, 0.29) is 6.61 Å². The van der Waals surface area contributed by atoms with Crippen molar-refractivity contribution in [1.82, 2.24) is 0 Å². The van der Waals surface area contributed by atoms with E-state index in [2.05, 4.69) is 56.4 Å². The lowest BCUT2D eigenvalue weighted by Crippen LogP contribution is -2.54. The van der Waals surface area contributed by atoms with Crippen molar-refractivity contribution >= 4 is 18.4 Å². The van der Waals surface area contributed by atoms with Crippen molar-refractivity contribution < 1.29 is 5.11 Å². The van der Waals surface area contributed by atoms with Gasteiger partial charge in [-0.2, -0.15) is 0 Å². The van der Waals surface area contributed by atoms with Crippen LogP contribution in [0.1, 0.15) is 11.1 Å². The molecule has 0 aromatic heterocycles. The molecule has 0 radical (unpaired) electrons. The van der Waals surface area contributed by atoms with E-state index in [4.69, 9.17) is 0 Å². The first-order valence-electron chi connectivity index (χ1n) is 6.32. The average Bonchev–Trinajstić information content (AvgIpc) is 2.39. The third-order valence-electron chi connectivity index (χ3n) is 3.63. The molecule has 94 valence electrons. The van der Waals surface area contributed by atoms with Crippen molar-refractivity contribution in [1.29, 1.82) is 0 Å². The molecule has 0 saturated heterocycles. The summed E-state index contributed by atoms with van der Waals surface area (Å²) in [5.41, 5.74) is 2.36. The number of aliphatic hydroxyl groups is 1. The fourth-order valence-electron chi connectivity index (χ4n) is 2.39. The van der Waals surface area contributed by atoms with E-state index in [9.17, 15) is 5.11 Å². The van der Waals surface area contributed by atoms with Crippen LogP contribution in [-0.2, 0) is 6.61 Å². The number of aliphatic hydroxyl groups excluding tert-OH is 1. The molecule has 2 heteroatoms. The summed E-state index contributed by atoms with van der Waals surface area (Å²) in [6, 6.07) is 17.1. The van der Waals surface area contributed by atoms with E-state index < -0.39 is 8.07 Å². The van der Waals surface area contributed by atoms with E-state index >= 15 is 0 Å². The van der Waals surface area contributed by atoms with Crippen molar-refractivity contribution in [3.05, 3.63) is 59.7 Å². The second-order valence-electron chi connectivity index (χ2n) is 5.31. The summed E-state index contributed by atoms with van der Waals surface area (Å²) in [4.78, 5) is 0. The van der Waals surface area contributed by atoms with E-state index in [1.165, 1.54) is 15.9 Å². The molecule has 0 amide bonds. The summed E-state index contributed by atoms with van der Waals surface area (Å²) in [6.45, 7) is 6.91. The van der Waals surface area contributed by atoms with Gasteiger partial charge in [-0.25, -0.2) is 0 Å². The van der Waals surface area contributed by atoms with Crippen LogP contribution in [0.5, 0.6) is 0 Å². The zero-order chi connectivity index (χ0) is 13.2. The van der Waals surface area contributed by atoms with Gasteiger partial charge < -0.3 is 5.11 Å². The molecule has 0 aliphatic carbocycles. The van der Waals surface area contributed by atoms with Crippen molar-refractivity contribution in [3.8, 4) is 0 Å². The van der Waals surface area contributed by atoms with E-state index in [1.54, 1.807) is 0 Å². The van der Waals surface area contributed by atoms with E-state index in [0.717, 1.165) is 5.56 Å². The van der Waals surface area contributed by atoms with Crippen LogP contribution < -0.4 is 10.4 Å². The molecule has 0 spiro atoms. The largest absolute Gasteiger partial charge is 0.392 e. The van der Waals surface area contributed by atoms with E-state index in [1.807, 2.05) is 12.1 Å². The summed E-state index contributed by atoms with van der Waals surface area (Å²) < 4.78 is 0. The lowest BCUT2D eigenvalue weighted by molar-refractivity contribution is 0.283. The molecule has 2 rings (SSSR count). The molecule has 0 aliphatic rings. The number of hydrogen-bond acceptors (Lipinski definition) is 1. The average molecular weight is 256 g/mol. The van der Waals surface area contributed by atoms with Crippen LogP contribution in [0.4, 0.5) is 0 Å². The Balaban J connectivity index is 2.50. The van der Waals surface area contributed by atoms with Crippen LogP contribution in [-0.4, -0.2) is 13.2 Å². The Morgan fingerprint density at radius 1 is 0.944 bits per heavy atom. The van der Waals surface area contributed by atoms with Crippen molar-refractivity contribution in [2.24, 2.45) is 0 Å². The maximum Gasteiger partial charge on any atom is 0.112 e. The zero-order valence-electron chi connectivity index (χ0n) is 11.3. The van der Waals surface area contributed by atoms with Crippen LogP contribution in [0.2, 0.25) is 13.1 Å². The quantitative estimate of drug-likeness (QED) is 0.836. The summed E-state index contributed by atoms with van der Waals surface area (Å²) in [6.07, 6.45) is 0. The highest BCUT2D eigenvalue weighted by atomic mass is 28.3. The number of hydrogen-bond donors (Lipinski definition) is 1. The molecular formula is C16H20OSi. The Labute approximate surface area is 110 Å². The summed E-state index contributed by atoms with van der Waals surface area (Å²) >= 11 is 0. The number of rotatable bonds is 3. The Hall–Kier alpha value is -1.38. The van der Waals surface area contributed by atoms with Crippen LogP contribution in [0.25, 0.3) is 0 Å². The highest BCUT2D eigenvalue weighted by Gasteiger charge is 2.27. The molecule has 0 atom stereocenters. The molecule has 0 aliphatic heterocycles.